The Morgan fingerprint density at radius 1 is 0.464 bits per heavy atom. The van der Waals surface area contributed by atoms with E-state index in [4.69, 9.17) is 26.6 Å². The summed E-state index contributed by atoms with van der Waals surface area (Å²) in [5, 5.41) is 1.65. The van der Waals surface area contributed by atoms with Crippen molar-refractivity contribution >= 4 is 41.1 Å². The van der Waals surface area contributed by atoms with Gasteiger partial charge in [-0.15, -0.1) is 0 Å². The van der Waals surface area contributed by atoms with Crippen molar-refractivity contribution in [3.8, 4) is 0 Å². The first-order valence-corrected chi connectivity index (χ1v) is 16.7. The summed E-state index contributed by atoms with van der Waals surface area (Å²) in [5.41, 5.74) is 0. The molecular weight excluding hydrogens is 432 g/mol. The summed E-state index contributed by atoms with van der Waals surface area (Å²) >= 11 is 3.76. The van der Waals surface area contributed by atoms with Crippen molar-refractivity contribution in [1.29, 1.82) is 0 Å². The molecule has 0 aliphatic heterocycles. The Morgan fingerprint density at radius 3 is 0.929 bits per heavy atom. The normalized spacial score (nSPS) is 12.6. The van der Waals surface area contributed by atoms with Gasteiger partial charge in [0, 0.05) is 39.6 Å². The van der Waals surface area contributed by atoms with Gasteiger partial charge in [0.2, 0.25) is 0 Å². The summed E-state index contributed by atoms with van der Waals surface area (Å²) in [4.78, 5) is 0. The Balaban J connectivity index is 4.14. The van der Waals surface area contributed by atoms with Gasteiger partial charge in [-0.1, -0.05) is 0 Å². The second kappa shape index (κ2) is 18.6. The molecule has 0 atom stereocenters. The van der Waals surface area contributed by atoms with Gasteiger partial charge in [-0.3, -0.25) is 0 Å². The zero-order valence-electron chi connectivity index (χ0n) is 18.8. The second-order valence-electron chi connectivity index (χ2n) is 5.78. The lowest BCUT2D eigenvalue weighted by molar-refractivity contribution is 0.0764. The zero-order valence-corrected chi connectivity index (χ0v) is 22.4. The van der Waals surface area contributed by atoms with E-state index in [1.165, 1.54) is 12.8 Å². The lowest BCUT2D eigenvalue weighted by Crippen LogP contribution is -2.49. The first-order chi connectivity index (χ1) is 13.6. The van der Waals surface area contributed by atoms with Gasteiger partial charge in [0.15, 0.2) is 0 Å². The molecule has 0 aromatic rings. The summed E-state index contributed by atoms with van der Waals surface area (Å²) in [6.07, 6.45) is 2.33. The second-order valence-corrected chi connectivity index (χ2v) is 14.2. The number of rotatable bonds is 21. The fourth-order valence-corrected chi connectivity index (χ4v) is 11.7. The summed E-state index contributed by atoms with van der Waals surface area (Å²) in [6, 6.07) is 0. The number of hydrogen-bond donors (Lipinski definition) is 0. The quantitative estimate of drug-likeness (QED) is 0.179. The van der Waals surface area contributed by atoms with Crippen molar-refractivity contribution < 1.29 is 26.6 Å². The van der Waals surface area contributed by atoms with E-state index >= 15 is 0 Å². The van der Waals surface area contributed by atoms with Gasteiger partial charge in [0.05, 0.1) is 10.8 Å². The van der Waals surface area contributed by atoms with Gasteiger partial charge in [0.1, 0.15) is 0 Å². The van der Waals surface area contributed by atoms with E-state index in [2.05, 4.69) is 0 Å². The molecular formula is C18H42O6S2Si2. The molecule has 0 aromatic carbocycles. The van der Waals surface area contributed by atoms with Crippen LogP contribution in [0.5, 0.6) is 0 Å². The molecule has 28 heavy (non-hydrogen) atoms. The van der Waals surface area contributed by atoms with E-state index in [9.17, 15) is 0 Å². The maximum atomic E-state index is 5.89. The lowest BCUT2D eigenvalue weighted by atomic mass is 10.4. The van der Waals surface area contributed by atoms with E-state index in [1.807, 2.05) is 65.1 Å². The largest absolute Gasteiger partial charge is 0.511 e. The molecule has 0 unspecified atom stereocenters. The highest BCUT2D eigenvalue weighted by Gasteiger charge is 2.41. The van der Waals surface area contributed by atoms with E-state index in [0.717, 1.165) is 22.3 Å². The van der Waals surface area contributed by atoms with Crippen LogP contribution in [0.4, 0.5) is 0 Å². The summed E-state index contributed by atoms with van der Waals surface area (Å²) in [6.45, 7) is 15.8. The average molecular weight is 475 g/mol. The van der Waals surface area contributed by atoms with Crippen molar-refractivity contribution in [2.75, 3.05) is 61.9 Å². The van der Waals surface area contributed by atoms with Gasteiger partial charge in [-0.2, -0.15) is 23.5 Å². The molecule has 10 heteroatoms. The fraction of sp³-hybridized carbons (Fsp3) is 1.00. The Morgan fingerprint density at radius 2 is 0.714 bits per heavy atom. The first kappa shape index (κ1) is 28.9. The smallest absolute Gasteiger partial charge is 0.373 e. The predicted octanol–water partition coefficient (Wildman–Crippen LogP) is 4.41. The molecule has 0 heterocycles. The molecule has 0 aliphatic carbocycles. The Labute approximate surface area is 183 Å². The van der Waals surface area contributed by atoms with Crippen molar-refractivity contribution in [3.63, 3.8) is 0 Å². The van der Waals surface area contributed by atoms with Crippen LogP contribution >= 0.6 is 23.5 Å². The molecule has 0 aromatic heterocycles. The van der Waals surface area contributed by atoms with Gasteiger partial charge in [-0.05, 0) is 65.9 Å². The van der Waals surface area contributed by atoms with E-state index in [1.54, 1.807) is 0 Å². The van der Waals surface area contributed by atoms with Crippen molar-refractivity contribution in [3.05, 3.63) is 0 Å². The van der Waals surface area contributed by atoms with Crippen LogP contribution in [0.3, 0.4) is 0 Å². The highest BCUT2D eigenvalue weighted by atomic mass is 32.2. The molecule has 0 aliphatic rings. The molecule has 0 N–H and O–H groups in total. The number of thioether (sulfide) groups is 2. The summed E-state index contributed by atoms with van der Waals surface area (Å²) in [5.74, 6) is 2.18. The molecule has 0 fully saturated rings. The Kier molecular flexibility index (Phi) is 19.2. The average Bonchev–Trinajstić information content (AvgIpc) is 2.65. The fourth-order valence-electron chi connectivity index (χ4n) is 2.62. The van der Waals surface area contributed by atoms with E-state index < -0.39 is 17.6 Å². The summed E-state index contributed by atoms with van der Waals surface area (Å²) < 4.78 is 35.4. The summed E-state index contributed by atoms with van der Waals surface area (Å²) in [7, 11) is -5.02. The van der Waals surface area contributed by atoms with Crippen LogP contribution in [0.25, 0.3) is 0 Å². The Bertz CT molecular complexity index is 290. The lowest BCUT2D eigenvalue weighted by Gasteiger charge is -2.28. The van der Waals surface area contributed by atoms with Crippen LogP contribution < -0.4 is 0 Å². The van der Waals surface area contributed by atoms with Crippen LogP contribution in [-0.2, 0) is 26.6 Å². The van der Waals surface area contributed by atoms with Crippen molar-refractivity contribution in [2.45, 2.75) is 54.4 Å². The number of unbranched alkanes of at least 4 members (excludes halogenated alkanes) is 1. The zero-order chi connectivity index (χ0) is 21.1. The minimum Gasteiger partial charge on any atom is -0.373 e. The van der Waals surface area contributed by atoms with Crippen LogP contribution in [-0.4, -0.2) is 79.5 Å². The number of hydrogen-bond acceptors (Lipinski definition) is 8. The van der Waals surface area contributed by atoms with Crippen molar-refractivity contribution in [2.24, 2.45) is 0 Å². The van der Waals surface area contributed by atoms with Gasteiger partial charge >= 0.3 is 17.6 Å². The molecule has 0 saturated carbocycles. The predicted molar refractivity (Wildman–Crippen MR) is 125 cm³/mol. The highest BCUT2D eigenvalue weighted by Crippen LogP contribution is 2.21. The van der Waals surface area contributed by atoms with Crippen LogP contribution in [0.15, 0.2) is 0 Å². The van der Waals surface area contributed by atoms with Gasteiger partial charge in [-0.25, -0.2) is 0 Å². The standard InChI is InChI=1S/C18H42O6S2Si2/c1-7-19-27(20-8-2,21-9-3)17-25-15-13-14-16-26-18-28(22-10-4,23-11-5)24-12-6/h7-18H2,1-6H3. The van der Waals surface area contributed by atoms with Crippen LogP contribution in [0.1, 0.15) is 54.4 Å². The molecule has 0 rings (SSSR count). The third-order valence-corrected chi connectivity index (χ3v) is 13.6. The highest BCUT2D eigenvalue weighted by molar-refractivity contribution is 8.01. The molecule has 0 spiro atoms. The monoisotopic (exact) mass is 474 g/mol. The third kappa shape index (κ3) is 12.6. The molecule has 0 radical (unpaired) electrons. The minimum atomic E-state index is -2.51. The third-order valence-electron chi connectivity index (χ3n) is 3.57. The van der Waals surface area contributed by atoms with E-state index in [0.29, 0.717) is 39.6 Å². The molecule has 6 nitrogen and oxygen atoms in total. The van der Waals surface area contributed by atoms with Gasteiger partial charge in [0.25, 0.3) is 0 Å². The minimum absolute atomic E-state index is 0.633. The maximum absolute atomic E-state index is 5.89. The van der Waals surface area contributed by atoms with Crippen LogP contribution in [0.2, 0.25) is 0 Å². The maximum Gasteiger partial charge on any atom is 0.511 e. The van der Waals surface area contributed by atoms with Crippen molar-refractivity contribution in [1.82, 2.24) is 0 Å². The molecule has 0 bridgehead atoms. The topological polar surface area (TPSA) is 55.4 Å². The first-order valence-electron chi connectivity index (χ1n) is 10.6. The van der Waals surface area contributed by atoms with E-state index in [-0.39, 0.29) is 0 Å². The SMILES string of the molecule is CCO[Si](CSCCCCSC[Si](OCC)(OCC)OCC)(OCC)OCC. The van der Waals surface area contributed by atoms with Crippen LogP contribution in [0, 0.1) is 0 Å². The Hall–Kier alpha value is 0.894. The molecule has 0 saturated heterocycles. The molecule has 170 valence electrons. The van der Waals surface area contributed by atoms with Gasteiger partial charge < -0.3 is 26.6 Å². The molecule has 0 amide bonds.